The molecule has 2 atom stereocenters. The first-order chi connectivity index (χ1) is 9.51. The van der Waals surface area contributed by atoms with Gasteiger partial charge in [0.15, 0.2) is 0 Å². The number of rotatable bonds is 4. The molecular formula is C15H22N2O2S. The fourth-order valence-electron chi connectivity index (χ4n) is 2.47. The van der Waals surface area contributed by atoms with Crippen LogP contribution >= 0.6 is 12.2 Å². The molecule has 1 aliphatic rings. The van der Waals surface area contributed by atoms with Crippen LogP contribution in [-0.4, -0.2) is 42.3 Å². The number of morpholine rings is 1. The maximum absolute atomic E-state index is 5.76. The van der Waals surface area contributed by atoms with Crippen molar-refractivity contribution in [3.8, 4) is 5.75 Å². The summed E-state index contributed by atoms with van der Waals surface area (Å²) in [6.07, 6.45) is 0.277. The van der Waals surface area contributed by atoms with Gasteiger partial charge in [-0.25, -0.2) is 0 Å². The van der Waals surface area contributed by atoms with E-state index < -0.39 is 0 Å². The predicted molar refractivity (Wildman–Crippen MR) is 84.2 cm³/mol. The van der Waals surface area contributed by atoms with Gasteiger partial charge < -0.3 is 15.2 Å². The van der Waals surface area contributed by atoms with Crippen LogP contribution in [0.3, 0.4) is 0 Å². The van der Waals surface area contributed by atoms with Crippen molar-refractivity contribution in [2.75, 3.05) is 20.3 Å². The van der Waals surface area contributed by atoms with Crippen LogP contribution in [0.4, 0.5) is 0 Å². The SMILES string of the molecule is COc1ccc(CN2CC(C)OCC2C)cc1C(N)=S. The Morgan fingerprint density at radius 1 is 1.50 bits per heavy atom. The smallest absolute Gasteiger partial charge is 0.129 e. The fraction of sp³-hybridized carbons (Fsp3) is 0.533. The molecule has 0 saturated carbocycles. The number of nitrogens with two attached hydrogens (primary N) is 1. The summed E-state index contributed by atoms with van der Waals surface area (Å²) in [5.74, 6) is 0.727. The summed E-state index contributed by atoms with van der Waals surface area (Å²) in [7, 11) is 1.63. The monoisotopic (exact) mass is 294 g/mol. The molecule has 4 nitrogen and oxygen atoms in total. The molecule has 0 aliphatic carbocycles. The number of ether oxygens (including phenoxy) is 2. The van der Waals surface area contributed by atoms with Crippen molar-refractivity contribution in [3.05, 3.63) is 29.3 Å². The molecule has 5 heteroatoms. The first kappa shape index (κ1) is 15.2. The van der Waals surface area contributed by atoms with Crippen LogP contribution in [0.15, 0.2) is 18.2 Å². The predicted octanol–water partition coefficient (Wildman–Crippen LogP) is 1.94. The number of thiocarbonyl (C=S) groups is 1. The average molecular weight is 294 g/mol. The second-order valence-corrected chi connectivity index (χ2v) is 5.76. The van der Waals surface area contributed by atoms with Crippen molar-refractivity contribution < 1.29 is 9.47 Å². The van der Waals surface area contributed by atoms with E-state index in [1.54, 1.807) is 7.11 Å². The zero-order valence-electron chi connectivity index (χ0n) is 12.3. The third kappa shape index (κ3) is 3.48. The molecule has 0 bridgehead atoms. The van der Waals surface area contributed by atoms with Crippen molar-refractivity contribution in [3.63, 3.8) is 0 Å². The van der Waals surface area contributed by atoms with Crippen molar-refractivity contribution in [2.45, 2.75) is 32.5 Å². The molecule has 2 N–H and O–H groups in total. The second kappa shape index (κ2) is 6.52. The summed E-state index contributed by atoms with van der Waals surface area (Å²) in [5, 5.41) is 0. The third-order valence-corrected chi connectivity index (χ3v) is 3.87. The number of methoxy groups -OCH3 is 1. The van der Waals surface area contributed by atoms with E-state index >= 15 is 0 Å². The fourth-order valence-corrected chi connectivity index (χ4v) is 2.63. The van der Waals surface area contributed by atoms with Gasteiger partial charge in [0.2, 0.25) is 0 Å². The van der Waals surface area contributed by atoms with E-state index in [9.17, 15) is 0 Å². The summed E-state index contributed by atoms with van der Waals surface area (Å²) < 4.78 is 10.9. The largest absolute Gasteiger partial charge is 0.496 e. The molecule has 1 fully saturated rings. The molecule has 0 radical (unpaired) electrons. The quantitative estimate of drug-likeness (QED) is 0.860. The molecule has 2 rings (SSSR count). The summed E-state index contributed by atoms with van der Waals surface area (Å²) in [5.41, 5.74) is 7.75. The number of hydrogen-bond donors (Lipinski definition) is 1. The van der Waals surface area contributed by atoms with E-state index in [1.165, 1.54) is 5.56 Å². The highest BCUT2D eigenvalue weighted by molar-refractivity contribution is 7.80. The van der Waals surface area contributed by atoms with Gasteiger partial charge in [0, 0.05) is 19.1 Å². The van der Waals surface area contributed by atoms with Gasteiger partial charge in [0.25, 0.3) is 0 Å². The van der Waals surface area contributed by atoms with E-state index in [0.717, 1.165) is 31.0 Å². The highest BCUT2D eigenvalue weighted by atomic mass is 32.1. The minimum absolute atomic E-state index is 0.277. The molecule has 0 amide bonds. The molecule has 1 aliphatic heterocycles. The highest BCUT2D eigenvalue weighted by Crippen LogP contribution is 2.22. The van der Waals surface area contributed by atoms with Crippen LogP contribution in [0.1, 0.15) is 25.0 Å². The van der Waals surface area contributed by atoms with Gasteiger partial charge in [-0.2, -0.15) is 0 Å². The first-order valence-corrected chi connectivity index (χ1v) is 7.24. The molecule has 20 heavy (non-hydrogen) atoms. The molecule has 1 heterocycles. The Balaban J connectivity index is 2.16. The Kier molecular flexibility index (Phi) is 4.96. The summed E-state index contributed by atoms with van der Waals surface area (Å²) in [6.45, 7) is 6.88. The minimum Gasteiger partial charge on any atom is -0.496 e. The van der Waals surface area contributed by atoms with Crippen LogP contribution in [0.5, 0.6) is 5.75 Å². The molecular weight excluding hydrogens is 272 g/mol. The third-order valence-electron chi connectivity index (χ3n) is 3.65. The Bertz CT molecular complexity index is 493. The molecule has 1 aromatic carbocycles. The summed E-state index contributed by atoms with van der Waals surface area (Å²) in [4.78, 5) is 2.78. The average Bonchev–Trinajstić information content (AvgIpc) is 2.42. The van der Waals surface area contributed by atoms with E-state index in [1.807, 2.05) is 12.1 Å². The molecule has 0 aromatic heterocycles. The van der Waals surface area contributed by atoms with Gasteiger partial charge in [-0.05, 0) is 31.5 Å². The Hall–Kier alpha value is -1.17. The van der Waals surface area contributed by atoms with Crippen LogP contribution < -0.4 is 10.5 Å². The number of hydrogen-bond acceptors (Lipinski definition) is 4. The van der Waals surface area contributed by atoms with Crippen LogP contribution in [-0.2, 0) is 11.3 Å². The molecule has 110 valence electrons. The van der Waals surface area contributed by atoms with Gasteiger partial charge in [0.05, 0.1) is 25.4 Å². The first-order valence-electron chi connectivity index (χ1n) is 6.83. The zero-order valence-corrected chi connectivity index (χ0v) is 13.1. The van der Waals surface area contributed by atoms with Gasteiger partial charge in [0.1, 0.15) is 10.7 Å². The Labute approximate surface area is 125 Å². The van der Waals surface area contributed by atoms with E-state index in [2.05, 4.69) is 24.8 Å². The van der Waals surface area contributed by atoms with Crippen LogP contribution in [0.2, 0.25) is 0 Å². The summed E-state index contributed by atoms with van der Waals surface area (Å²) in [6, 6.07) is 6.43. The lowest BCUT2D eigenvalue weighted by Crippen LogP contribution is -2.46. The van der Waals surface area contributed by atoms with Crippen molar-refractivity contribution >= 4 is 17.2 Å². The zero-order chi connectivity index (χ0) is 14.7. The molecule has 0 spiro atoms. The molecule has 1 saturated heterocycles. The van der Waals surface area contributed by atoms with Crippen LogP contribution in [0, 0.1) is 0 Å². The Morgan fingerprint density at radius 3 is 2.90 bits per heavy atom. The van der Waals surface area contributed by atoms with E-state index in [4.69, 9.17) is 27.4 Å². The van der Waals surface area contributed by atoms with Crippen molar-refractivity contribution in [1.82, 2.24) is 4.90 Å². The summed E-state index contributed by atoms with van der Waals surface area (Å²) >= 11 is 5.09. The van der Waals surface area contributed by atoms with Crippen LogP contribution in [0.25, 0.3) is 0 Å². The highest BCUT2D eigenvalue weighted by Gasteiger charge is 2.23. The normalized spacial score (nSPS) is 23.6. The molecule has 1 aromatic rings. The second-order valence-electron chi connectivity index (χ2n) is 5.32. The maximum Gasteiger partial charge on any atom is 0.129 e. The van der Waals surface area contributed by atoms with E-state index in [0.29, 0.717) is 11.0 Å². The van der Waals surface area contributed by atoms with E-state index in [-0.39, 0.29) is 6.10 Å². The maximum atomic E-state index is 5.76. The minimum atomic E-state index is 0.277. The number of nitrogens with zero attached hydrogens (tertiary/aromatic N) is 1. The lowest BCUT2D eigenvalue weighted by molar-refractivity contribution is -0.0526. The van der Waals surface area contributed by atoms with Gasteiger partial charge in [-0.3, -0.25) is 4.90 Å². The Morgan fingerprint density at radius 2 is 2.25 bits per heavy atom. The van der Waals surface area contributed by atoms with Gasteiger partial charge in [-0.1, -0.05) is 18.3 Å². The topological polar surface area (TPSA) is 47.7 Å². The molecule has 2 unspecified atom stereocenters. The van der Waals surface area contributed by atoms with Crippen molar-refractivity contribution in [2.24, 2.45) is 5.73 Å². The number of benzene rings is 1. The van der Waals surface area contributed by atoms with Crippen molar-refractivity contribution in [1.29, 1.82) is 0 Å². The standard InChI is InChI=1S/C15H22N2O2S/c1-10-9-19-11(2)7-17(10)8-12-4-5-14(18-3)13(6-12)15(16)20/h4-6,10-11H,7-9H2,1-3H3,(H2,16,20). The van der Waals surface area contributed by atoms with Gasteiger partial charge in [-0.15, -0.1) is 0 Å². The lowest BCUT2D eigenvalue weighted by Gasteiger charge is -2.36. The lowest BCUT2D eigenvalue weighted by atomic mass is 10.1. The van der Waals surface area contributed by atoms with Gasteiger partial charge >= 0.3 is 0 Å².